The zero-order chi connectivity index (χ0) is 10.8. The van der Waals surface area contributed by atoms with Crippen LogP contribution >= 0.6 is 0 Å². The molecule has 0 radical (unpaired) electrons. The molecular formula is C12H15NO2. The Labute approximate surface area is 89.3 Å². The molecule has 1 heterocycles. The first kappa shape index (κ1) is 10.2. The molecule has 15 heavy (non-hydrogen) atoms. The van der Waals surface area contributed by atoms with Gasteiger partial charge in [0.25, 0.3) is 5.91 Å². The summed E-state index contributed by atoms with van der Waals surface area (Å²) < 4.78 is 0. The Morgan fingerprint density at radius 3 is 2.53 bits per heavy atom. The van der Waals surface area contributed by atoms with Gasteiger partial charge in [0.05, 0.1) is 0 Å². The minimum Gasteiger partial charge on any atom is -0.383 e. The van der Waals surface area contributed by atoms with Gasteiger partial charge in [0.2, 0.25) is 0 Å². The fourth-order valence-electron chi connectivity index (χ4n) is 1.83. The van der Waals surface area contributed by atoms with Crippen LogP contribution in [0.1, 0.15) is 18.9 Å². The molecule has 0 spiro atoms. The maximum absolute atomic E-state index is 11.5. The van der Waals surface area contributed by atoms with E-state index in [2.05, 4.69) is 6.92 Å². The zero-order valence-electron chi connectivity index (χ0n) is 8.81. The van der Waals surface area contributed by atoms with Crippen molar-refractivity contribution < 1.29 is 9.90 Å². The number of hydrogen-bond acceptors (Lipinski definition) is 2. The van der Waals surface area contributed by atoms with Gasteiger partial charge in [-0.3, -0.25) is 4.79 Å². The molecule has 80 valence electrons. The van der Waals surface area contributed by atoms with Crippen molar-refractivity contribution in [2.75, 3.05) is 11.4 Å². The van der Waals surface area contributed by atoms with Crippen LogP contribution in [0.5, 0.6) is 0 Å². The van der Waals surface area contributed by atoms with Gasteiger partial charge in [-0.15, -0.1) is 0 Å². The van der Waals surface area contributed by atoms with Crippen molar-refractivity contribution in [1.82, 2.24) is 0 Å². The molecule has 1 unspecified atom stereocenters. The molecule has 1 saturated heterocycles. The lowest BCUT2D eigenvalue weighted by Gasteiger charge is -2.15. The zero-order valence-corrected chi connectivity index (χ0v) is 8.81. The van der Waals surface area contributed by atoms with E-state index in [-0.39, 0.29) is 5.91 Å². The topological polar surface area (TPSA) is 40.5 Å². The highest BCUT2D eigenvalue weighted by Gasteiger charge is 2.30. The number of anilines is 1. The summed E-state index contributed by atoms with van der Waals surface area (Å²) in [5, 5.41) is 9.34. The van der Waals surface area contributed by atoms with Gasteiger partial charge in [0, 0.05) is 18.7 Å². The largest absolute Gasteiger partial charge is 0.383 e. The van der Waals surface area contributed by atoms with Gasteiger partial charge in [0.15, 0.2) is 0 Å². The van der Waals surface area contributed by atoms with E-state index in [9.17, 15) is 9.90 Å². The molecule has 3 nitrogen and oxygen atoms in total. The number of aliphatic hydroxyl groups is 1. The third-order valence-corrected chi connectivity index (χ3v) is 2.83. The predicted molar refractivity (Wildman–Crippen MR) is 58.8 cm³/mol. The maximum Gasteiger partial charge on any atom is 0.255 e. The normalized spacial score (nSPS) is 21.1. The quantitative estimate of drug-likeness (QED) is 0.791. The van der Waals surface area contributed by atoms with E-state index in [1.165, 1.54) is 5.56 Å². The van der Waals surface area contributed by atoms with Crippen LogP contribution in [0.4, 0.5) is 5.69 Å². The molecule has 1 aromatic rings. The van der Waals surface area contributed by atoms with Crippen LogP contribution in [0, 0.1) is 0 Å². The standard InChI is InChI=1S/C12H15NO2/c1-2-9-3-5-10(6-4-9)13-8-7-11(14)12(13)15/h3-6,11,14H,2,7-8H2,1H3. The molecule has 1 fully saturated rings. The molecule has 1 aromatic carbocycles. The van der Waals surface area contributed by atoms with Crippen molar-refractivity contribution in [2.24, 2.45) is 0 Å². The first-order valence-corrected chi connectivity index (χ1v) is 5.30. The molecule has 1 aliphatic rings. The number of carbonyl (C=O) groups is 1. The monoisotopic (exact) mass is 205 g/mol. The van der Waals surface area contributed by atoms with Crippen molar-refractivity contribution in [3.8, 4) is 0 Å². The second kappa shape index (κ2) is 4.03. The van der Waals surface area contributed by atoms with Crippen molar-refractivity contribution in [3.05, 3.63) is 29.8 Å². The Bertz CT molecular complexity index is 358. The summed E-state index contributed by atoms with van der Waals surface area (Å²) in [6.07, 6.45) is 0.724. The minimum absolute atomic E-state index is 0.181. The average molecular weight is 205 g/mol. The highest BCUT2D eigenvalue weighted by molar-refractivity contribution is 5.98. The Morgan fingerprint density at radius 1 is 1.40 bits per heavy atom. The third-order valence-electron chi connectivity index (χ3n) is 2.83. The highest BCUT2D eigenvalue weighted by atomic mass is 16.3. The van der Waals surface area contributed by atoms with Crippen LogP contribution in [0.2, 0.25) is 0 Å². The van der Waals surface area contributed by atoms with Gasteiger partial charge in [-0.1, -0.05) is 19.1 Å². The van der Waals surface area contributed by atoms with E-state index in [0.717, 1.165) is 12.1 Å². The molecule has 0 aromatic heterocycles. The summed E-state index contributed by atoms with van der Waals surface area (Å²) in [7, 11) is 0. The van der Waals surface area contributed by atoms with Crippen LogP contribution in [0.15, 0.2) is 24.3 Å². The predicted octanol–water partition coefficient (Wildman–Crippen LogP) is 1.35. The first-order valence-electron chi connectivity index (χ1n) is 5.30. The second-order valence-electron chi connectivity index (χ2n) is 3.81. The van der Waals surface area contributed by atoms with E-state index < -0.39 is 6.10 Å². The molecule has 0 bridgehead atoms. The highest BCUT2D eigenvalue weighted by Crippen LogP contribution is 2.21. The van der Waals surface area contributed by atoms with E-state index >= 15 is 0 Å². The SMILES string of the molecule is CCc1ccc(N2CCC(O)C2=O)cc1. The average Bonchev–Trinajstić information content (AvgIpc) is 2.60. The van der Waals surface area contributed by atoms with Crippen LogP contribution in [-0.2, 0) is 11.2 Å². The number of aryl methyl sites for hydroxylation is 1. The Morgan fingerprint density at radius 2 is 2.07 bits per heavy atom. The molecule has 1 N–H and O–H groups in total. The fraction of sp³-hybridized carbons (Fsp3) is 0.417. The van der Waals surface area contributed by atoms with E-state index in [0.29, 0.717) is 13.0 Å². The maximum atomic E-state index is 11.5. The molecule has 2 rings (SSSR count). The molecule has 0 saturated carbocycles. The van der Waals surface area contributed by atoms with E-state index in [4.69, 9.17) is 0 Å². The number of hydrogen-bond donors (Lipinski definition) is 1. The summed E-state index contributed by atoms with van der Waals surface area (Å²) in [6, 6.07) is 7.92. The lowest BCUT2D eigenvalue weighted by Crippen LogP contribution is -2.28. The Balaban J connectivity index is 2.19. The van der Waals surface area contributed by atoms with Crippen molar-refractivity contribution in [1.29, 1.82) is 0 Å². The number of amides is 1. The fourth-order valence-corrected chi connectivity index (χ4v) is 1.83. The lowest BCUT2D eigenvalue weighted by molar-refractivity contribution is -0.123. The summed E-state index contributed by atoms with van der Waals surface area (Å²) in [6.45, 7) is 2.71. The van der Waals surface area contributed by atoms with Crippen molar-refractivity contribution >= 4 is 11.6 Å². The number of nitrogens with zero attached hydrogens (tertiary/aromatic N) is 1. The number of benzene rings is 1. The minimum atomic E-state index is -0.809. The molecular weight excluding hydrogens is 190 g/mol. The molecule has 1 aliphatic heterocycles. The summed E-state index contributed by atoms with van der Waals surface area (Å²) in [5.41, 5.74) is 2.14. The van der Waals surface area contributed by atoms with Crippen LogP contribution in [-0.4, -0.2) is 23.7 Å². The van der Waals surface area contributed by atoms with Gasteiger partial charge in [-0.2, -0.15) is 0 Å². The number of carbonyl (C=O) groups excluding carboxylic acids is 1. The summed E-state index contributed by atoms with van der Waals surface area (Å²) in [5.74, 6) is -0.181. The van der Waals surface area contributed by atoms with Gasteiger partial charge in [-0.05, 0) is 24.1 Å². The van der Waals surface area contributed by atoms with Crippen LogP contribution in [0.3, 0.4) is 0 Å². The van der Waals surface area contributed by atoms with Gasteiger partial charge < -0.3 is 10.0 Å². The molecule has 3 heteroatoms. The number of aliphatic hydroxyl groups excluding tert-OH is 1. The van der Waals surface area contributed by atoms with E-state index in [1.807, 2.05) is 24.3 Å². The van der Waals surface area contributed by atoms with E-state index in [1.54, 1.807) is 4.90 Å². The number of rotatable bonds is 2. The molecule has 0 aliphatic carbocycles. The Kier molecular flexibility index (Phi) is 2.73. The van der Waals surface area contributed by atoms with Crippen LogP contribution < -0.4 is 4.90 Å². The van der Waals surface area contributed by atoms with Gasteiger partial charge in [-0.25, -0.2) is 0 Å². The summed E-state index contributed by atoms with van der Waals surface area (Å²) in [4.78, 5) is 13.2. The van der Waals surface area contributed by atoms with Crippen molar-refractivity contribution in [3.63, 3.8) is 0 Å². The summed E-state index contributed by atoms with van der Waals surface area (Å²) >= 11 is 0. The molecule has 1 amide bonds. The third kappa shape index (κ3) is 1.88. The molecule has 1 atom stereocenters. The van der Waals surface area contributed by atoms with Gasteiger partial charge >= 0.3 is 0 Å². The smallest absolute Gasteiger partial charge is 0.255 e. The Hall–Kier alpha value is -1.35. The first-order chi connectivity index (χ1) is 7.22. The second-order valence-corrected chi connectivity index (χ2v) is 3.81. The van der Waals surface area contributed by atoms with Crippen LogP contribution in [0.25, 0.3) is 0 Å². The van der Waals surface area contributed by atoms with Gasteiger partial charge in [0.1, 0.15) is 6.10 Å². The van der Waals surface area contributed by atoms with Crippen molar-refractivity contribution in [2.45, 2.75) is 25.9 Å². The lowest BCUT2D eigenvalue weighted by atomic mass is 10.1.